The van der Waals surface area contributed by atoms with Crippen molar-refractivity contribution in [2.24, 2.45) is 4.99 Å². The average Bonchev–Trinajstić information content (AvgIpc) is 3.27. The van der Waals surface area contributed by atoms with Crippen molar-refractivity contribution in [1.29, 1.82) is 0 Å². The summed E-state index contributed by atoms with van der Waals surface area (Å²) in [5, 5.41) is 0. The molecule has 4 heteroatoms. The van der Waals surface area contributed by atoms with E-state index in [2.05, 4.69) is 34.2 Å². The number of allylic oxidation sites excluding steroid dienone is 2. The van der Waals surface area contributed by atoms with Gasteiger partial charge in [-0.3, -0.25) is 4.99 Å². The maximum atomic E-state index is 11.7. The number of carbonyl (C=O) groups is 1. The average molecular weight is 332 g/mol. The van der Waals surface area contributed by atoms with Gasteiger partial charge in [-0.15, -0.1) is 0 Å². The first-order valence-electron chi connectivity index (χ1n) is 8.55. The van der Waals surface area contributed by atoms with Crippen LogP contribution in [0.15, 0.2) is 59.2 Å². The van der Waals surface area contributed by atoms with Gasteiger partial charge < -0.3 is 9.64 Å². The minimum atomic E-state index is -0.328. The van der Waals surface area contributed by atoms with E-state index < -0.39 is 0 Å². The van der Waals surface area contributed by atoms with Crippen LogP contribution < -0.4 is 0 Å². The fourth-order valence-corrected chi connectivity index (χ4v) is 3.56. The number of benzene rings is 2. The quantitative estimate of drug-likeness (QED) is 0.791. The highest BCUT2D eigenvalue weighted by Crippen LogP contribution is 2.38. The van der Waals surface area contributed by atoms with Gasteiger partial charge in [-0.2, -0.15) is 0 Å². The van der Waals surface area contributed by atoms with Gasteiger partial charge >= 0.3 is 5.97 Å². The molecule has 0 bridgehead atoms. The monoisotopic (exact) mass is 332 g/mol. The summed E-state index contributed by atoms with van der Waals surface area (Å²) in [4.78, 5) is 18.7. The Hall–Kier alpha value is -2.88. The number of fused-ring (bicyclic) bond motifs is 1. The van der Waals surface area contributed by atoms with Crippen molar-refractivity contribution >= 4 is 23.4 Å². The maximum absolute atomic E-state index is 11.7. The van der Waals surface area contributed by atoms with Crippen LogP contribution in [0.2, 0.25) is 0 Å². The van der Waals surface area contributed by atoms with Gasteiger partial charge in [0.2, 0.25) is 0 Å². The molecule has 0 amide bonds. The van der Waals surface area contributed by atoms with E-state index in [0.29, 0.717) is 5.56 Å². The highest BCUT2D eigenvalue weighted by molar-refractivity contribution is 6.17. The molecule has 2 aliphatic rings. The maximum Gasteiger partial charge on any atom is 0.337 e. The van der Waals surface area contributed by atoms with Crippen molar-refractivity contribution in [1.82, 2.24) is 4.90 Å². The molecular formula is C21H20N2O2. The van der Waals surface area contributed by atoms with Crippen molar-refractivity contribution in [2.75, 3.05) is 13.7 Å². The third kappa shape index (κ3) is 2.95. The van der Waals surface area contributed by atoms with Crippen LogP contribution in [0.3, 0.4) is 0 Å². The smallest absolute Gasteiger partial charge is 0.337 e. The van der Waals surface area contributed by atoms with Gasteiger partial charge in [-0.05, 0) is 30.5 Å². The van der Waals surface area contributed by atoms with Crippen LogP contribution in [0.5, 0.6) is 0 Å². The molecule has 1 saturated heterocycles. The molecule has 1 fully saturated rings. The predicted molar refractivity (Wildman–Crippen MR) is 98.9 cm³/mol. The SMILES string of the molecule is COC(=O)c1ccc2c(c1)N=CC2=C1CCCN1Cc1ccccc1. The molecule has 0 unspecified atom stereocenters. The zero-order valence-electron chi connectivity index (χ0n) is 14.2. The lowest BCUT2D eigenvalue weighted by Gasteiger charge is -2.22. The number of likely N-dealkylation sites (tertiary alicyclic amines) is 1. The number of hydrogen-bond donors (Lipinski definition) is 0. The molecule has 0 radical (unpaired) electrons. The van der Waals surface area contributed by atoms with Crippen LogP contribution in [0, 0.1) is 0 Å². The molecule has 0 N–H and O–H groups in total. The second-order valence-electron chi connectivity index (χ2n) is 6.35. The molecule has 2 heterocycles. The van der Waals surface area contributed by atoms with Gasteiger partial charge in [0.15, 0.2) is 0 Å². The number of nitrogens with zero attached hydrogens (tertiary/aromatic N) is 2. The summed E-state index contributed by atoms with van der Waals surface area (Å²) in [5.41, 5.74) is 6.33. The summed E-state index contributed by atoms with van der Waals surface area (Å²) in [6.07, 6.45) is 4.16. The first kappa shape index (κ1) is 15.6. The Balaban J connectivity index is 1.66. The van der Waals surface area contributed by atoms with Gasteiger partial charge in [0.25, 0.3) is 0 Å². The Morgan fingerprint density at radius 3 is 2.84 bits per heavy atom. The Labute approximate surface area is 147 Å². The predicted octanol–water partition coefficient (Wildman–Crippen LogP) is 4.20. The first-order chi connectivity index (χ1) is 12.3. The molecule has 2 aromatic carbocycles. The zero-order chi connectivity index (χ0) is 17.2. The number of rotatable bonds is 3. The van der Waals surface area contributed by atoms with Crippen LogP contribution in [-0.4, -0.2) is 30.7 Å². The van der Waals surface area contributed by atoms with Gasteiger partial charge in [0.05, 0.1) is 18.4 Å². The summed E-state index contributed by atoms with van der Waals surface area (Å²) in [6.45, 7) is 1.99. The summed E-state index contributed by atoms with van der Waals surface area (Å²) in [7, 11) is 1.40. The lowest BCUT2D eigenvalue weighted by Crippen LogP contribution is -2.18. The lowest BCUT2D eigenvalue weighted by atomic mass is 10.0. The first-order valence-corrected chi connectivity index (χ1v) is 8.55. The second kappa shape index (κ2) is 6.55. The summed E-state index contributed by atoms with van der Waals surface area (Å²) in [6, 6.07) is 16.2. The number of methoxy groups -OCH3 is 1. The second-order valence-corrected chi connectivity index (χ2v) is 6.35. The minimum absolute atomic E-state index is 0.328. The fraction of sp³-hybridized carbons (Fsp3) is 0.238. The molecule has 126 valence electrons. The molecule has 2 aromatic rings. The van der Waals surface area contributed by atoms with E-state index in [1.165, 1.54) is 23.9 Å². The van der Waals surface area contributed by atoms with Crippen LogP contribution in [0.25, 0.3) is 5.57 Å². The summed E-state index contributed by atoms with van der Waals surface area (Å²) in [5.74, 6) is -0.328. The third-order valence-electron chi connectivity index (χ3n) is 4.79. The Bertz CT molecular complexity index is 869. The number of carbonyl (C=O) groups excluding carboxylic acids is 1. The van der Waals surface area contributed by atoms with E-state index in [0.717, 1.165) is 37.2 Å². The van der Waals surface area contributed by atoms with E-state index >= 15 is 0 Å². The molecule has 25 heavy (non-hydrogen) atoms. The van der Waals surface area contributed by atoms with Crippen LogP contribution in [0.4, 0.5) is 5.69 Å². The number of aliphatic imine (C=N–C) groups is 1. The van der Waals surface area contributed by atoms with Crippen molar-refractivity contribution in [2.45, 2.75) is 19.4 Å². The van der Waals surface area contributed by atoms with Crippen LogP contribution in [0.1, 0.15) is 34.3 Å². The number of hydrogen-bond acceptors (Lipinski definition) is 4. The van der Waals surface area contributed by atoms with E-state index in [9.17, 15) is 4.79 Å². The topological polar surface area (TPSA) is 41.9 Å². The molecule has 0 atom stereocenters. The molecule has 0 aromatic heterocycles. The third-order valence-corrected chi connectivity index (χ3v) is 4.79. The summed E-state index contributed by atoms with van der Waals surface area (Å²) >= 11 is 0. The largest absolute Gasteiger partial charge is 0.465 e. The summed E-state index contributed by atoms with van der Waals surface area (Å²) < 4.78 is 4.80. The zero-order valence-corrected chi connectivity index (χ0v) is 14.2. The molecule has 2 aliphatic heterocycles. The molecule has 4 nitrogen and oxygen atoms in total. The Morgan fingerprint density at radius 2 is 2.04 bits per heavy atom. The van der Waals surface area contributed by atoms with Crippen molar-refractivity contribution in [3.63, 3.8) is 0 Å². The molecule has 0 saturated carbocycles. The number of ether oxygens (including phenoxy) is 1. The molecule has 4 rings (SSSR count). The highest BCUT2D eigenvalue weighted by atomic mass is 16.5. The van der Waals surface area contributed by atoms with Gasteiger partial charge in [0.1, 0.15) is 0 Å². The van der Waals surface area contributed by atoms with E-state index in [1.54, 1.807) is 0 Å². The number of esters is 1. The van der Waals surface area contributed by atoms with Gasteiger partial charge in [0, 0.05) is 36.1 Å². The van der Waals surface area contributed by atoms with Crippen molar-refractivity contribution < 1.29 is 9.53 Å². The van der Waals surface area contributed by atoms with Crippen LogP contribution in [-0.2, 0) is 11.3 Å². The molecular weight excluding hydrogens is 312 g/mol. The van der Waals surface area contributed by atoms with Crippen LogP contribution >= 0.6 is 0 Å². The molecule has 0 spiro atoms. The Morgan fingerprint density at radius 1 is 1.20 bits per heavy atom. The minimum Gasteiger partial charge on any atom is -0.465 e. The van der Waals surface area contributed by atoms with Crippen molar-refractivity contribution in [3.05, 3.63) is 70.9 Å². The lowest BCUT2D eigenvalue weighted by molar-refractivity contribution is 0.0601. The standard InChI is InChI=1S/C21H20N2O2/c1-25-21(24)16-9-10-17-18(13-22-19(17)12-16)20-8-5-11-23(20)14-15-6-3-2-4-7-15/h2-4,6-7,9-10,12-13H,5,8,11,14H2,1H3. The normalized spacial score (nSPS) is 18.5. The van der Waals surface area contributed by atoms with E-state index in [4.69, 9.17) is 4.74 Å². The fourth-order valence-electron chi connectivity index (χ4n) is 3.56. The van der Waals surface area contributed by atoms with E-state index in [-0.39, 0.29) is 5.97 Å². The Kier molecular flexibility index (Phi) is 4.10. The van der Waals surface area contributed by atoms with E-state index in [1.807, 2.05) is 30.5 Å². The highest BCUT2D eigenvalue weighted by Gasteiger charge is 2.25. The van der Waals surface area contributed by atoms with Gasteiger partial charge in [-0.1, -0.05) is 36.4 Å². The van der Waals surface area contributed by atoms with Crippen molar-refractivity contribution in [3.8, 4) is 0 Å². The molecule has 0 aliphatic carbocycles. The van der Waals surface area contributed by atoms with Gasteiger partial charge in [-0.25, -0.2) is 4.79 Å².